The fraction of sp³-hybridized carbons (Fsp3) is 0.556. The summed E-state index contributed by atoms with van der Waals surface area (Å²) >= 11 is 0. The Kier molecular flexibility index (Phi) is 3.62. The van der Waals surface area contributed by atoms with Crippen LogP contribution in [0.2, 0.25) is 0 Å². The maximum absolute atomic E-state index is 12.4. The summed E-state index contributed by atoms with van der Waals surface area (Å²) in [6.45, 7) is 2.08. The molecule has 1 heterocycles. The highest BCUT2D eigenvalue weighted by Gasteiger charge is 2.33. The molecule has 84 valence electrons. The van der Waals surface area contributed by atoms with Crippen LogP contribution < -0.4 is 5.32 Å². The molecule has 0 aromatic carbocycles. The fourth-order valence-corrected chi connectivity index (χ4v) is 1.12. The van der Waals surface area contributed by atoms with E-state index in [9.17, 15) is 13.2 Å². The molecule has 0 amide bonds. The highest BCUT2D eigenvalue weighted by molar-refractivity contribution is 5.13. The number of rotatable bonds is 3. The molecule has 1 rings (SSSR count). The van der Waals surface area contributed by atoms with E-state index in [1.165, 1.54) is 6.92 Å². The Hall–Kier alpha value is -1.17. The smallest absolute Gasteiger partial charge is 0.319 e. The standard InChI is InChI=1S/C9H12F3N3/c1-6-5-7(9(10,11)12)15-8(14-6)3-4-13-2/h5,13H,3-4H2,1-2H3. The summed E-state index contributed by atoms with van der Waals surface area (Å²) in [5.41, 5.74) is -0.537. The molecule has 0 saturated heterocycles. The summed E-state index contributed by atoms with van der Waals surface area (Å²) in [7, 11) is 1.72. The van der Waals surface area contributed by atoms with Crippen LogP contribution in [0.4, 0.5) is 13.2 Å². The molecule has 15 heavy (non-hydrogen) atoms. The number of halogens is 3. The van der Waals surface area contributed by atoms with Crippen molar-refractivity contribution in [2.75, 3.05) is 13.6 Å². The minimum Gasteiger partial charge on any atom is -0.319 e. The van der Waals surface area contributed by atoms with E-state index in [-0.39, 0.29) is 5.82 Å². The maximum atomic E-state index is 12.4. The Morgan fingerprint density at radius 3 is 2.53 bits per heavy atom. The first-order valence-electron chi connectivity index (χ1n) is 4.50. The molecule has 0 spiro atoms. The van der Waals surface area contributed by atoms with Crippen molar-refractivity contribution in [3.8, 4) is 0 Å². The van der Waals surface area contributed by atoms with E-state index in [4.69, 9.17) is 0 Å². The zero-order chi connectivity index (χ0) is 11.5. The van der Waals surface area contributed by atoms with Gasteiger partial charge in [0.25, 0.3) is 0 Å². The van der Waals surface area contributed by atoms with Gasteiger partial charge in [0.05, 0.1) is 0 Å². The van der Waals surface area contributed by atoms with Crippen molar-refractivity contribution in [2.24, 2.45) is 0 Å². The second-order valence-electron chi connectivity index (χ2n) is 3.16. The molecule has 0 aliphatic rings. The normalized spacial score (nSPS) is 11.8. The predicted molar refractivity (Wildman–Crippen MR) is 49.4 cm³/mol. The summed E-state index contributed by atoms with van der Waals surface area (Å²) in [5.74, 6) is 0.219. The van der Waals surface area contributed by atoms with Crippen LogP contribution in [0.1, 0.15) is 17.2 Å². The minimum absolute atomic E-state index is 0.219. The number of nitrogens with one attached hydrogen (secondary N) is 1. The zero-order valence-corrected chi connectivity index (χ0v) is 8.52. The zero-order valence-electron chi connectivity index (χ0n) is 8.52. The Morgan fingerprint density at radius 1 is 1.33 bits per heavy atom. The number of hydrogen-bond acceptors (Lipinski definition) is 3. The molecule has 3 nitrogen and oxygen atoms in total. The lowest BCUT2D eigenvalue weighted by atomic mass is 10.3. The molecule has 1 aromatic heterocycles. The number of aromatic nitrogens is 2. The Labute approximate surface area is 85.7 Å². The van der Waals surface area contributed by atoms with E-state index in [0.717, 1.165) is 6.07 Å². The largest absolute Gasteiger partial charge is 0.433 e. The van der Waals surface area contributed by atoms with E-state index < -0.39 is 11.9 Å². The lowest BCUT2D eigenvalue weighted by Crippen LogP contribution is -2.16. The maximum Gasteiger partial charge on any atom is 0.433 e. The van der Waals surface area contributed by atoms with Gasteiger partial charge in [-0.1, -0.05) is 0 Å². The highest BCUT2D eigenvalue weighted by atomic mass is 19.4. The van der Waals surface area contributed by atoms with Crippen molar-refractivity contribution in [3.63, 3.8) is 0 Å². The van der Waals surface area contributed by atoms with Gasteiger partial charge in [0.2, 0.25) is 0 Å². The molecule has 0 aliphatic carbocycles. The van der Waals surface area contributed by atoms with Gasteiger partial charge in [-0.05, 0) is 20.0 Å². The quantitative estimate of drug-likeness (QED) is 0.838. The number of alkyl halides is 3. The number of likely N-dealkylation sites (N-methyl/N-ethyl adjacent to an activating group) is 1. The average Bonchev–Trinajstić information content (AvgIpc) is 2.12. The predicted octanol–water partition coefficient (Wildman–Crippen LogP) is 1.57. The summed E-state index contributed by atoms with van der Waals surface area (Å²) in [4.78, 5) is 7.40. The van der Waals surface area contributed by atoms with E-state index in [1.54, 1.807) is 7.05 Å². The summed E-state index contributed by atoms with van der Waals surface area (Å²) in [6.07, 6.45) is -4.01. The minimum atomic E-state index is -4.40. The first-order chi connectivity index (χ1) is 6.93. The van der Waals surface area contributed by atoms with Crippen molar-refractivity contribution < 1.29 is 13.2 Å². The lowest BCUT2D eigenvalue weighted by Gasteiger charge is -2.08. The molecule has 0 bridgehead atoms. The first kappa shape index (κ1) is 11.9. The summed E-state index contributed by atoms with van der Waals surface area (Å²) in [5, 5.41) is 2.83. The molecule has 0 fully saturated rings. The van der Waals surface area contributed by atoms with Gasteiger partial charge in [0.15, 0.2) is 0 Å². The topological polar surface area (TPSA) is 37.8 Å². The van der Waals surface area contributed by atoms with Gasteiger partial charge in [-0.3, -0.25) is 0 Å². The van der Waals surface area contributed by atoms with Crippen LogP contribution in [0.5, 0.6) is 0 Å². The molecular formula is C9H12F3N3. The molecule has 0 radical (unpaired) electrons. The van der Waals surface area contributed by atoms with Crippen LogP contribution in [0, 0.1) is 6.92 Å². The summed E-state index contributed by atoms with van der Waals surface area (Å²) in [6, 6.07) is 0.947. The molecular weight excluding hydrogens is 207 g/mol. The van der Waals surface area contributed by atoms with Gasteiger partial charge in [-0.15, -0.1) is 0 Å². The second kappa shape index (κ2) is 4.57. The van der Waals surface area contributed by atoms with Crippen molar-refractivity contribution >= 4 is 0 Å². The number of aryl methyl sites for hydroxylation is 1. The van der Waals surface area contributed by atoms with Crippen LogP contribution in [-0.2, 0) is 12.6 Å². The molecule has 0 aliphatic heterocycles. The number of nitrogens with zero attached hydrogens (tertiary/aromatic N) is 2. The van der Waals surface area contributed by atoms with Crippen LogP contribution in [-0.4, -0.2) is 23.6 Å². The van der Waals surface area contributed by atoms with Crippen LogP contribution in [0.3, 0.4) is 0 Å². The number of hydrogen-bond donors (Lipinski definition) is 1. The Morgan fingerprint density at radius 2 is 2.00 bits per heavy atom. The van der Waals surface area contributed by atoms with Crippen LogP contribution in [0.25, 0.3) is 0 Å². The Bertz CT molecular complexity index is 336. The molecule has 1 aromatic rings. The van der Waals surface area contributed by atoms with Gasteiger partial charge >= 0.3 is 6.18 Å². The Balaban J connectivity index is 2.95. The monoisotopic (exact) mass is 219 g/mol. The first-order valence-corrected chi connectivity index (χ1v) is 4.50. The third-order valence-corrected chi connectivity index (χ3v) is 1.79. The summed E-state index contributed by atoms with van der Waals surface area (Å²) < 4.78 is 37.1. The lowest BCUT2D eigenvalue weighted by molar-refractivity contribution is -0.141. The van der Waals surface area contributed by atoms with Gasteiger partial charge in [-0.2, -0.15) is 13.2 Å². The van der Waals surface area contributed by atoms with E-state index in [2.05, 4.69) is 15.3 Å². The fourth-order valence-electron chi connectivity index (χ4n) is 1.12. The second-order valence-corrected chi connectivity index (χ2v) is 3.16. The van der Waals surface area contributed by atoms with Gasteiger partial charge < -0.3 is 5.32 Å². The molecule has 1 N–H and O–H groups in total. The molecule has 0 atom stereocenters. The van der Waals surface area contributed by atoms with Crippen molar-refractivity contribution in [1.82, 2.24) is 15.3 Å². The molecule has 0 unspecified atom stereocenters. The van der Waals surface area contributed by atoms with Gasteiger partial charge in [0, 0.05) is 18.7 Å². The highest BCUT2D eigenvalue weighted by Crippen LogP contribution is 2.27. The van der Waals surface area contributed by atoms with E-state index in [0.29, 0.717) is 18.7 Å². The van der Waals surface area contributed by atoms with Crippen LogP contribution >= 0.6 is 0 Å². The third-order valence-electron chi connectivity index (χ3n) is 1.79. The van der Waals surface area contributed by atoms with E-state index in [1.807, 2.05) is 0 Å². The third kappa shape index (κ3) is 3.47. The van der Waals surface area contributed by atoms with Gasteiger partial charge in [-0.25, -0.2) is 9.97 Å². The molecule has 0 saturated carbocycles. The van der Waals surface area contributed by atoms with Crippen LogP contribution in [0.15, 0.2) is 6.07 Å². The van der Waals surface area contributed by atoms with Gasteiger partial charge in [0.1, 0.15) is 11.5 Å². The van der Waals surface area contributed by atoms with E-state index >= 15 is 0 Å². The average molecular weight is 219 g/mol. The van der Waals surface area contributed by atoms with Crippen molar-refractivity contribution in [2.45, 2.75) is 19.5 Å². The van der Waals surface area contributed by atoms with Crippen molar-refractivity contribution in [3.05, 3.63) is 23.3 Å². The van der Waals surface area contributed by atoms with Crippen molar-refractivity contribution in [1.29, 1.82) is 0 Å². The molecule has 6 heteroatoms. The SMILES string of the molecule is CNCCc1nc(C)cc(C(F)(F)F)n1.